The van der Waals surface area contributed by atoms with E-state index in [1.54, 1.807) is 4.90 Å². The average molecular weight is 362 g/mol. The summed E-state index contributed by atoms with van der Waals surface area (Å²) >= 11 is 2.31. The molecule has 0 radical (unpaired) electrons. The van der Waals surface area contributed by atoms with E-state index in [0.717, 1.165) is 12.4 Å². The summed E-state index contributed by atoms with van der Waals surface area (Å²) in [5, 5.41) is 2.42. The van der Waals surface area contributed by atoms with Crippen molar-refractivity contribution in [1.29, 1.82) is 0 Å². The first-order valence-corrected chi connectivity index (χ1v) is 7.96. The van der Waals surface area contributed by atoms with E-state index in [-0.39, 0.29) is 0 Å². The van der Waals surface area contributed by atoms with Crippen LogP contribution >= 0.6 is 22.6 Å². The van der Waals surface area contributed by atoms with E-state index >= 15 is 0 Å². The number of rotatable bonds is 6. The van der Waals surface area contributed by atoms with E-state index in [2.05, 4.69) is 40.0 Å². The minimum absolute atomic E-state index is 0.847. The van der Waals surface area contributed by atoms with E-state index in [1.807, 2.05) is 12.1 Å². The fraction of sp³-hybridized carbons (Fsp3) is 0.571. The van der Waals surface area contributed by atoms with Crippen molar-refractivity contribution in [2.45, 2.75) is 12.8 Å². The molecule has 1 aliphatic rings. The van der Waals surface area contributed by atoms with Gasteiger partial charge in [0.25, 0.3) is 0 Å². The highest BCUT2D eigenvalue weighted by Crippen LogP contribution is 2.13. The van der Waals surface area contributed by atoms with Gasteiger partial charge >= 0.3 is 0 Å². The predicted molar refractivity (Wildman–Crippen MR) is 81.1 cm³/mol. The molecular formula is C14H23IN2O+2. The minimum Gasteiger partial charge on any atom is -0.494 e. The number of quaternary nitrogens is 2. The molecule has 100 valence electrons. The zero-order valence-electron chi connectivity index (χ0n) is 10.8. The van der Waals surface area contributed by atoms with Crippen LogP contribution in [0.2, 0.25) is 0 Å². The van der Waals surface area contributed by atoms with E-state index in [9.17, 15) is 0 Å². The third-order valence-electron chi connectivity index (χ3n) is 3.41. The SMILES string of the molecule is Ic1ccc(OCCCC[NH+]2CC[NH2+]CC2)cc1. The maximum absolute atomic E-state index is 5.73. The van der Waals surface area contributed by atoms with Crippen molar-refractivity contribution in [3.05, 3.63) is 27.8 Å². The first-order valence-electron chi connectivity index (χ1n) is 6.88. The third kappa shape index (κ3) is 5.12. The first kappa shape index (κ1) is 14.1. The third-order valence-corrected chi connectivity index (χ3v) is 4.13. The summed E-state index contributed by atoms with van der Waals surface area (Å²) in [6.07, 6.45) is 2.44. The van der Waals surface area contributed by atoms with Gasteiger partial charge in [0, 0.05) is 3.57 Å². The summed E-state index contributed by atoms with van der Waals surface area (Å²) in [6, 6.07) is 8.27. The number of piperazine rings is 1. The summed E-state index contributed by atoms with van der Waals surface area (Å²) < 4.78 is 6.99. The summed E-state index contributed by atoms with van der Waals surface area (Å²) in [5.74, 6) is 0.996. The molecular weight excluding hydrogens is 339 g/mol. The van der Waals surface area contributed by atoms with Crippen LogP contribution in [0.15, 0.2) is 24.3 Å². The number of nitrogens with two attached hydrogens (primary N) is 1. The van der Waals surface area contributed by atoms with Gasteiger partial charge in [0.2, 0.25) is 0 Å². The molecule has 0 aromatic heterocycles. The summed E-state index contributed by atoms with van der Waals surface area (Å²) in [4.78, 5) is 1.77. The zero-order valence-corrected chi connectivity index (χ0v) is 13.0. The molecule has 3 N–H and O–H groups in total. The number of ether oxygens (including phenoxy) is 1. The number of hydrogen-bond acceptors (Lipinski definition) is 1. The van der Waals surface area contributed by atoms with Crippen molar-refractivity contribution in [3.8, 4) is 5.75 Å². The molecule has 0 aliphatic carbocycles. The number of nitrogens with one attached hydrogen (secondary N) is 1. The second kappa shape index (κ2) is 7.96. The quantitative estimate of drug-likeness (QED) is 0.538. The molecule has 0 spiro atoms. The van der Waals surface area contributed by atoms with Crippen LogP contribution in [0.1, 0.15) is 12.8 Å². The molecule has 0 saturated carbocycles. The largest absolute Gasteiger partial charge is 0.494 e. The van der Waals surface area contributed by atoms with Gasteiger partial charge in [0.15, 0.2) is 0 Å². The van der Waals surface area contributed by atoms with Crippen LogP contribution in [0.4, 0.5) is 0 Å². The Hall–Kier alpha value is -0.330. The van der Waals surface area contributed by atoms with Gasteiger partial charge in [0.1, 0.15) is 31.9 Å². The highest BCUT2D eigenvalue weighted by molar-refractivity contribution is 14.1. The molecule has 1 saturated heterocycles. The molecule has 3 nitrogen and oxygen atoms in total. The lowest BCUT2D eigenvalue weighted by molar-refractivity contribution is -0.946. The number of unbranched alkanes of at least 4 members (excludes halogenated alkanes) is 1. The second-order valence-corrected chi connectivity index (χ2v) is 6.12. The Kier molecular flexibility index (Phi) is 6.23. The molecule has 2 rings (SSSR count). The highest BCUT2D eigenvalue weighted by atomic mass is 127. The Balaban J connectivity index is 1.54. The minimum atomic E-state index is 0.847. The van der Waals surface area contributed by atoms with Crippen LogP contribution < -0.4 is 15.0 Å². The zero-order chi connectivity index (χ0) is 12.6. The molecule has 0 atom stereocenters. The van der Waals surface area contributed by atoms with Crippen molar-refractivity contribution in [3.63, 3.8) is 0 Å². The van der Waals surface area contributed by atoms with Gasteiger partial charge in [0.05, 0.1) is 13.2 Å². The van der Waals surface area contributed by atoms with Crippen LogP contribution in [-0.4, -0.2) is 39.3 Å². The Bertz CT molecular complexity index is 336. The summed E-state index contributed by atoms with van der Waals surface area (Å²) in [7, 11) is 0. The Labute approximate surface area is 123 Å². The van der Waals surface area contributed by atoms with Gasteiger partial charge < -0.3 is 15.0 Å². The Morgan fingerprint density at radius 2 is 1.83 bits per heavy atom. The van der Waals surface area contributed by atoms with Crippen molar-refractivity contribution in [2.24, 2.45) is 0 Å². The van der Waals surface area contributed by atoms with Crippen molar-refractivity contribution >= 4 is 22.6 Å². The fourth-order valence-corrected chi connectivity index (χ4v) is 2.69. The average Bonchev–Trinajstić information content (AvgIpc) is 2.42. The summed E-state index contributed by atoms with van der Waals surface area (Å²) in [5.41, 5.74) is 0. The van der Waals surface area contributed by atoms with Crippen LogP contribution in [0, 0.1) is 3.57 Å². The summed E-state index contributed by atoms with van der Waals surface area (Å²) in [6.45, 7) is 7.42. The maximum Gasteiger partial charge on any atom is 0.127 e. The lowest BCUT2D eigenvalue weighted by Gasteiger charge is -2.21. The molecule has 1 aromatic rings. The molecule has 1 fully saturated rings. The number of benzene rings is 1. The van der Waals surface area contributed by atoms with E-state index in [4.69, 9.17) is 4.74 Å². The maximum atomic E-state index is 5.73. The van der Waals surface area contributed by atoms with Crippen LogP contribution in [0.25, 0.3) is 0 Å². The van der Waals surface area contributed by atoms with Gasteiger partial charge in [-0.05, 0) is 59.7 Å². The van der Waals surface area contributed by atoms with Gasteiger partial charge in [-0.15, -0.1) is 0 Å². The molecule has 0 amide bonds. The Morgan fingerprint density at radius 1 is 1.11 bits per heavy atom. The first-order chi connectivity index (χ1) is 8.84. The molecule has 18 heavy (non-hydrogen) atoms. The van der Waals surface area contributed by atoms with Crippen LogP contribution in [0.5, 0.6) is 5.75 Å². The van der Waals surface area contributed by atoms with Gasteiger partial charge in [-0.1, -0.05) is 0 Å². The van der Waals surface area contributed by atoms with Gasteiger partial charge in [-0.3, -0.25) is 0 Å². The molecule has 0 bridgehead atoms. The molecule has 1 heterocycles. The molecule has 1 aromatic carbocycles. The van der Waals surface area contributed by atoms with E-state index in [1.165, 1.54) is 49.1 Å². The lowest BCUT2D eigenvalue weighted by atomic mass is 10.2. The van der Waals surface area contributed by atoms with Crippen molar-refractivity contribution in [2.75, 3.05) is 39.3 Å². The number of hydrogen-bond donors (Lipinski definition) is 2. The number of halogens is 1. The molecule has 0 unspecified atom stereocenters. The molecule has 4 heteroatoms. The van der Waals surface area contributed by atoms with E-state index < -0.39 is 0 Å². The van der Waals surface area contributed by atoms with E-state index in [0.29, 0.717) is 0 Å². The lowest BCUT2D eigenvalue weighted by Crippen LogP contribution is -3.20. The second-order valence-electron chi connectivity index (χ2n) is 4.88. The topological polar surface area (TPSA) is 30.3 Å². The predicted octanol–water partition coefficient (Wildman–Crippen LogP) is -0.0879. The fourth-order valence-electron chi connectivity index (χ4n) is 2.33. The van der Waals surface area contributed by atoms with Crippen molar-refractivity contribution < 1.29 is 15.0 Å². The van der Waals surface area contributed by atoms with Crippen LogP contribution in [-0.2, 0) is 0 Å². The standard InChI is InChI=1S/C14H21IN2O/c15-13-3-5-14(6-4-13)18-12-2-1-9-17-10-7-16-8-11-17/h3-6,16H,1-2,7-12H2/p+2. The smallest absolute Gasteiger partial charge is 0.127 e. The Morgan fingerprint density at radius 3 is 2.56 bits per heavy atom. The normalized spacial score (nSPS) is 16.7. The molecule has 1 aliphatic heterocycles. The highest BCUT2D eigenvalue weighted by Gasteiger charge is 2.14. The van der Waals surface area contributed by atoms with Gasteiger partial charge in [-0.2, -0.15) is 0 Å². The van der Waals surface area contributed by atoms with Crippen LogP contribution in [0.3, 0.4) is 0 Å². The van der Waals surface area contributed by atoms with Gasteiger partial charge in [-0.25, -0.2) is 0 Å². The monoisotopic (exact) mass is 362 g/mol. The van der Waals surface area contributed by atoms with Crippen molar-refractivity contribution in [1.82, 2.24) is 0 Å².